The summed E-state index contributed by atoms with van der Waals surface area (Å²) in [5, 5.41) is 6.88. The number of nitrogens with zero attached hydrogens (tertiary/aromatic N) is 4. The van der Waals surface area contributed by atoms with Gasteiger partial charge in [0, 0.05) is 37.9 Å². The first-order valence-corrected chi connectivity index (χ1v) is 11.8. The lowest BCUT2D eigenvalue weighted by atomic mass is 10.1. The smallest absolute Gasteiger partial charge is 0.265 e. The highest BCUT2D eigenvalue weighted by Gasteiger charge is 2.25. The van der Waals surface area contributed by atoms with Gasteiger partial charge in [0.1, 0.15) is 12.3 Å². The number of Topliss-reactive ketones (excluding diaryl/α,β-unsaturated/α-hetero) is 1. The molecular weight excluding hydrogens is 470 g/mol. The van der Waals surface area contributed by atoms with Crippen molar-refractivity contribution >= 4 is 40.5 Å². The molecule has 0 unspecified atom stereocenters. The Bertz CT molecular complexity index is 1240. The molecule has 3 heterocycles. The van der Waals surface area contributed by atoms with Crippen LogP contribution in [0.1, 0.15) is 36.6 Å². The number of benzene rings is 1. The van der Waals surface area contributed by atoms with Gasteiger partial charge >= 0.3 is 0 Å². The predicted molar refractivity (Wildman–Crippen MR) is 130 cm³/mol. The number of ether oxygens (including phenoxy) is 1. The molecule has 0 radical (unpaired) electrons. The molecule has 10 nitrogen and oxygen atoms in total. The zero-order chi connectivity index (χ0) is 24.9. The number of carbonyl (C=O) groups is 4. The van der Waals surface area contributed by atoms with Crippen molar-refractivity contribution in [2.45, 2.75) is 13.5 Å². The molecule has 1 aliphatic rings. The third kappa shape index (κ3) is 5.75. The summed E-state index contributed by atoms with van der Waals surface area (Å²) in [6.45, 7) is 3.23. The van der Waals surface area contributed by atoms with Gasteiger partial charge in [0.2, 0.25) is 5.91 Å². The quantitative estimate of drug-likeness (QED) is 0.504. The van der Waals surface area contributed by atoms with E-state index in [1.807, 2.05) is 0 Å². The third-order valence-corrected chi connectivity index (χ3v) is 6.81. The molecule has 1 saturated heterocycles. The van der Waals surface area contributed by atoms with Crippen molar-refractivity contribution in [2.75, 3.05) is 38.6 Å². The van der Waals surface area contributed by atoms with Gasteiger partial charge in [-0.2, -0.15) is 5.10 Å². The van der Waals surface area contributed by atoms with Crippen molar-refractivity contribution in [1.82, 2.24) is 19.6 Å². The molecule has 35 heavy (non-hydrogen) atoms. The molecule has 1 aromatic carbocycles. The van der Waals surface area contributed by atoms with Gasteiger partial charge in [-0.25, -0.2) is 0 Å². The second kappa shape index (κ2) is 10.5. The van der Waals surface area contributed by atoms with Crippen LogP contribution in [-0.2, 0) is 11.3 Å². The van der Waals surface area contributed by atoms with Crippen molar-refractivity contribution in [3.05, 3.63) is 64.1 Å². The highest BCUT2D eigenvalue weighted by atomic mass is 32.1. The van der Waals surface area contributed by atoms with Crippen LogP contribution < -0.4 is 10.1 Å². The van der Waals surface area contributed by atoms with E-state index in [1.165, 1.54) is 17.8 Å². The second-order valence-corrected chi connectivity index (χ2v) is 9.09. The lowest BCUT2D eigenvalue weighted by Gasteiger charge is -2.34. The van der Waals surface area contributed by atoms with E-state index in [9.17, 15) is 19.2 Å². The minimum Gasteiger partial charge on any atom is -0.497 e. The highest BCUT2D eigenvalue weighted by molar-refractivity contribution is 7.16. The minimum absolute atomic E-state index is 0.0236. The Kier molecular flexibility index (Phi) is 7.25. The fourth-order valence-electron chi connectivity index (χ4n) is 3.67. The standard InChI is InChI=1S/C24H25N5O5S/c1-16(30)20-7-8-21(35-20)23(32)26-18-13-25-29(14-18)15-22(31)27-9-11-28(12-10-27)24(33)17-3-5-19(34-2)6-4-17/h3-8,13-14H,9-12,15H2,1-2H3,(H,26,32). The van der Waals surface area contributed by atoms with Crippen molar-refractivity contribution in [3.8, 4) is 5.75 Å². The van der Waals surface area contributed by atoms with Gasteiger partial charge in [-0.15, -0.1) is 11.3 Å². The van der Waals surface area contributed by atoms with E-state index in [2.05, 4.69) is 10.4 Å². The molecule has 4 rings (SSSR count). The second-order valence-electron chi connectivity index (χ2n) is 8.00. The van der Waals surface area contributed by atoms with Gasteiger partial charge in [-0.05, 0) is 43.3 Å². The maximum absolute atomic E-state index is 12.7. The predicted octanol–water partition coefficient (Wildman–Crippen LogP) is 2.39. The summed E-state index contributed by atoms with van der Waals surface area (Å²) >= 11 is 1.12. The van der Waals surface area contributed by atoms with Crippen LogP contribution in [0, 0.1) is 0 Å². The van der Waals surface area contributed by atoms with Gasteiger partial charge < -0.3 is 19.9 Å². The number of thiophene rings is 1. The highest BCUT2D eigenvalue weighted by Crippen LogP contribution is 2.19. The van der Waals surface area contributed by atoms with Gasteiger partial charge in [-0.3, -0.25) is 23.9 Å². The molecule has 3 amide bonds. The van der Waals surface area contributed by atoms with Crippen LogP contribution >= 0.6 is 11.3 Å². The first-order valence-electron chi connectivity index (χ1n) is 11.0. The molecule has 11 heteroatoms. The molecule has 0 saturated carbocycles. The van der Waals surface area contributed by atoms with E-state index < -0.39 is 0 Å². The van der Waals surface area contributed by atoms with Gasteiger partial charge in [-0.1, -0.05) is 0 Å². The summed E-state index contributed by atoms with van der Waals surface area (Å²) < 4.78 is 6.59. The maximum Gasteiger partial charge on any atom is 0.265 e. The Hall–Kier alpha value is -3.99. The van der Waals surface area contributed by atoms with Crippen molar-refractivity contribution in [3.63, 3.8) is 0 Å². The number of rotatable bonds is 7. The number of carbonyl (C=O) groups excluding carboxylic acids is 4. The molecule has 1 fully saturated rings. The summed E-state index contributed by atoms with van der Waals surface area (Å²) in [6, 6.07) is 10.2. The molecular formula is C24H25N5O5S. The van der Waals surface area contributed by atoms with E-state index in [4.69, 9.17) is 4.74 Å². The van der Waals surface area contributed by atoms with Crippen molar-refractivity contribution in [1.29, 1.82) is 0 Å². The van der Waals surface area contributed by atoms with Crippen LogP contribution in [0.4, 0.5) is 5.69 Å². The average Bonchev–Trinajstić information content (AvgIpc) is 3.54. The summed E-state index contributed by atoms with van der Waals surface area (Å²) in [4.78, 5) is 53.6. The Morgan fingerprint density at radius 3 is 2.26 bits per heavy atom. The largest absolute Gasteiger partial charge is 0.497 e. The third-order valence-electron chi connectivity index (χ3n) is 5.62. The average molecular weight is 496 g/mol. The van der Waals surface area contributed by atoms with E-state index in [1.54, 1.807) is 59.5 Å². The number of aromatic nitrogens is 2. The fraction of sp³-hybridized carbons (Fsp3) is 0.292. The number of anilines is 1. The van der Waals surface area contributed by atoms with Gasteiger partial charge in [0.25, 0.3) is 11.8 Å². The lowest BCUT2D eigenvalue weighted by Crippen LogP contribution is -2.51. The molecule has 1 N–H and O–H groups in total. The van der Waals surface area contributed by atoms with E-state index in [0.717, 1.165) is 11.3 Å². The van der Waals surface area contributed by atoms with Gasteiger partial charge in [0.05, 0.1) is 28.7 Å². The van der Waals surface area contributed by atoms with Crippen LogP contribution in [0.2, 0.25) is 0 Å². The van der Waals surface area contributed by atoms with E-state index in [-0.39, 0.29) is 30.0 Å². The van der Waals surface area contributed by atoms with Crippen molar-refractivity contribution in [2.24, 2.45) is 0 Å². The monoisotopic (exact) mass is 495 g/mol. The fourth-order valence-corrected chi connectivity index (χ4v) is 4.47. The zero-order valence-corrected chi connectivity index (χ0v) is 20.2. The minimum atomic E-state index is -0.342. The molecule has 1 aliphatic heterocycles. The molecule has 2 aromatic heterocycles. The van der Waals surface area contributed by atoms with Crippen LogP contribution in [0.15, 0.2) is 48.8 Å². The van der Waals surface area contributed by atoms with E-state index in [0.29, 0.717) is 52.9 Å². The van der Waals surface area contributed by atoms with Gasteiger partial charge in [0.15, 0.2) is 5.78 Å². The number of ketones is 1. The Morgan fingerprint density at radius 1 is 0.971 bits per heavy atom. The normalized spacial score (nSPS) is 13.4. The number of nitrogens with one attached hydrogen (secondary N) is 1. The zero-order valence-electron chi connectivity index (χ0n) is 19.4. The summed E-state index contributed by atoms with van der Waals surface area (Å²) in [5.74, 6) is 0.0598. The van der Waals surface area contributed by atoms with Crippen LogP contribution in [0.5, 0.6) is 5.75 Å². The first-order chi connectivity index (χ1) is 16.8. The van der Waals surface area contributed by atoms with Crippen LogP contribution in [0.25, 0.3) is 0 Å². The Morgan fingerprint density at radius 2 is 1.63 bits per heavy atom. The lowest BCUT2D eigenvalue weighted by molar-refractivity contribution is -0.133. The molecule has 0 bridgehead atoms. The summed E-state index contributed by atoms with van der Waals surface area (Å²) in [5.41, 5.74) is 1.03. The number of amides is 3. The summed E-state index contributed by atoms with van der Waals surface area (Å²) in [7, 11) is 1.57. The first kappa shape index (κ1) is 24.1. The van der Waals surface area contributed by atoms with Crippen LogP contribution in [-0.4, -0.2) is 76.4 Å². The number of piperazine rings is 1. The molecule has 0 aliphatic carbocycles. The molecule has 0 atom stereocenters. The topological polar surface area (TPSA) is 114 Å². The van der Waals surface area contributed by atoms with Crippen LogP contribution in [0.3, 0.4) is 0 Å². The molecule has 0 spiro atoms. The SMILES string of the molecule is COc1ccc(C(=O)N2CCN(C(=O)Cn3cc(NC(=O)c4ccc(C(C)=O)s4)cn3)CC2)cc1. The molecule has 3 aromatic rings. The Balaban J connectivity index is 1.27. The summed E-state index contributed by atoms with van der Waals surface area (Å²) in [6.07, 6.45) is 3.05. The molecule has 182 valence electrons. The number of hydrogen-bond acceptors (Lipinski definition) is 7. The van der Waals surface area contributed by atoms with Crippen molar-refractivity contribution < 1.29 is 23.9 Å². The number of methoxy groups -OCH3 is 1. The maximum atomic E-state index is 12.7. The number of hydrogen-bond donors (Lipinski definition) is 1. The van der Waals surface area contributed by atoms with E-state index >= 15 is 0 Å². The Labute approximate surface area is 206 Å².